The molecular formula is C10H22NO8P. The van der Waals surface area contributed by atoms with Crippen LogP contribution in [0.5, 0.6) is 0 Å². The minimum absolute atomic E-state index is 0.0892. The molecule has 5 N–H and O–H groups in total. The van der Waals surface area contributed by atoms with Crippen molar-refractivity contribution in [3.8, 4) is 0 Å². The van der Waals surface area contributed by atoms with Gasteiger partial charge in [-0.15, -0.1) is 0 Å². The van der Waals surface area contributed by atoms with E-state index in [1.54, 1.807) is 13.8 Å². The van der Waals surface area contributed by atoms with Crippen molar-refractivity contribution >= 4 is 7.75 Å². The monoisotopic (exact) mass is 315 g/mol. The fourth-order valence-corrected chi connectivity index (χ4v) is 3.42. The Balaban J connectivity index is 2.81. The average molecular weight is 315 g/mol. The fraction of sp³-hybridized carbons (Fsp3) is 1.00. The van der Waals surface area contributed by atoms with Crippen molar-refractivity contribution in [1.29, 1.82) is 0 Å². The van der Waals surface area contributed by atoms with Crippen molar-refractivity contribution in [3.63, 3.8) is 0 Å². The molecule has 10 heteroatoms. The molecule has 1 heterocycles. The highest BCUT2D eigenvalue weighted by Crippen LogP contribution is 2.45. The van der Waals surface area contributed by atoms with Crippen LogP contribution in [0.2, 0.25) is 0 Å². The van der Waals surface area contributed by atoms with E-state index in [-0.39, 0.29) is 13.2 Å². The van der Waals surface area contributed by atoms with E-state index in [9.17, 15) is 19.9 Å². The van der Waals surface area contributed by atoms with Crippen LogP contribution < -0.4 is 5.09 Å². The van der Waals surface area contributed by atoms with E-state index in [4.69, 9.17) is 18.9 Å². The summed E-state index contributed by atoms with van der Waals surface area (Å²) in [6, 6.07) is -1.28. The van der Waals surface area contributed by atoms with Crippen LogP contribution in [0.4, 0.5) is 0 Å². The maximum absolute atomic E-state index is 12.3. The SMILES string of the molecule is CCOP(=O)(N[C@@H]1[C@@H](O)[C@H](O)[C@@H](CO)O[C@@H]1O)OCC. The zero-order valence-corrected chi connectivity index (χ0v) is 12.3. The molecule has 9 nitrogen and oxygen atoms in total. The third-order valence-corrected chi connectivity index (χ3v) is 4.62. The quantitative estimate of drug-likeness (QED) is 0.357. The molecule has 1 fully saturated rings. The summed E-state index contributed by atoms with van der Waals surface area (Å²) in [4.78, 5) is 0. The van der Waals surface area contributed by atoms with Crippen molar-refractivity contribution in [2.45, 2.75) is 44.5 Å². The van der Waals surface area contributed by atoms with Gasteiger partial charge in [0.25, 0.3) is 0 Å². The third-order valence-electron chi connectivity index (χ3n) is 2.81. The second kappa shape index (κ2) is 7.79. The first-order valence-corrected chi connectivity index (χ1v) is 7.90. The largest absolute Gasteiger partial charge is 0.406 e. The van der Waals surface area contributed by atoms with Crippen LogP contribution in [-0.4, -0.2) is 70.9 Å². The van der Waals surface area contributed by atoms with E-state index in [2.05, 4.69) is 5.09 Å². The lowest BCUT2D eigenvalue weighted by Gasteiger charge is -2.41. The Morgan fingerprint density at radius 3 is 2.15 bits per heavy atom. The van der Waals surface area contributed by atoms with Gasteiger partial charge in [-0.1, -0.05) is 0 Å². The maximum Gasteiger partial charge on any atom is 0.406 e. The number of hydrogen-bond donors (Lipinski definition) is 5. The van der Waals surface area contributed by atoms with Crippen molar-refractivity contribution in [2.75, 3.05) is 19.8 Å². The summed E-state index contributed by atoms with van der Waals surface area (Å²) in [7, 11) is -3.74. The second-order valence-corrected chi connectivity index (χ2v) is 5.99. The molecule has 0 aromatic heterocycles. The normalized spacial score (nSPS) is 35.2. The van der Waals surface area contributed by atoms with Gasteiger partial charge in [0.2, 0.25) is 0 Å². The molecule has 0 amide bonds. The van der Waals surface area contributed by atoms with Crippen LogP contribution in [0.25, 0.3) is 0 Å². The Hall–Kier alpha value is -0.0900. The van der Waals surface area contributed by atoms with E-state index >= 15 is 0 Å². The minimum atomic E-state index is -3.74. The molecular weight excluding hydrogens is 293 g/mol. The molecule has 20 heavy (non-hydrogen) atoms. The molecule has 0 bridgehead atoms. The smallest absolute Gasteiger partial charge is 0.394 e. The number of rotatable bonds is 7. The minimum Gasteiger partial charge on any atom is -0.394 e. The number of aliphatic hydroxyl groups excluding tert-OH is 4. The summed E-state index contributed by atoms with van der Waals surface area (Å²) < 4.78 is 27.1. The molecule has 0 saturated carbocycles. The maximum atomic E-state index is 12.3. The van der Waals surface area contributed by atoms with Gasteiger partial charge in [0.15, 0.2) is 6.29 Å². The van der Waals surface area contributed by atoms with Gasteiger partial charge in [-0.3, -0.25) is 9.05 Å². The predicted octanol–water partition coefficient (Wildman–Crippen LogP) is -1.44. The van der Waals surface area contributed by atoms with Gasteiger partial charge in [-0.2, -0.15) is 0 Å². The Labute approximate surface area is 117 Å². The Morgan fingerprint density at radius 1 is 1.15 bits per heavy atom. The van der Waals surface area contributed by atoms with Gasteiger partial charge in [-0.05, 0) is 13.8 Å². The van der Waals surface area contributed by atoms with E-state index in [0.717, 1.165) is 0 Å². The lowest BCUT2D eigenvalue weighted by molar-refractivity contribution is -0.252. The van der Waals surface area contributed by atoms with Crippen molar-refractivity contribution in [3.05, 3.63) is 0 Å². The molecule has 0 aromatic rings. The number of hydrogen-bond acceptors (Lipinski definition) is 8. The number of nitrogens with one attached hydrogen (secondary N) is 1. The Bertz CT molecular complexity index is 333. The van der Waals surface area contributed by atoms with Gasteiger partial charge >= 0.3 is 7.75 Å². The molecule has 0 radical (unpaired) electrons. The molecule has 120 valence electrons. The van der Waals surface area contributed by atoms with Gasteiger partial charge in [0.1, 0.15) is 18.3 Å². The summed E-state index contributed by atoms with van der Waals surface area (Å²) in [5.74, 6) is 0. The van der Waals surface area contributed by atoms with Crippen LogP contribution >= 0.6 is 7.75 Å². The molecule has 5 atom stereocenters. The van der Waals surface area contributed by atoms with Crippen LogP contribution in [0.15, 0.2) is 0 Å². The molecule has 0 aromatic carbocycles. The molecule has 0 unspecified atom stereocenters. The lowest BCUT2D eigenvalue weighted by Crippen LogP contribution is -2.62. The lowest BCUT2D eigenvalue weighted by atomic mass is 9.98. The van der Waals surface area contributed by atoms with Gasteiger partial charge in [0, 0.05) is 0 Å². The highest BCUT2D eigenvalue weighted by atomic mass is 31.2. The first kappa shape index (κ1) is 18.0. The molecule has 0 spiro atoms. The van der Waals surface area contributed by atoms with Crippen molar-refractivity contribution in [1.82, 2.24) is 5.09 Å². The molecule has 1 aliphatic rings. The molecule has 1 saturated heterocycles. The van der Waals surface area contributed by atoms with Gasteiger partial charge < -0.3 is 25.2 Å². The third kappa shape index (κ3) is 4.20. The predicted molar refractivity (Wildman–Crippen MR) is 67.8 cm³/mol. The number of ether oxygens (including phenoxy) is 1. The average Bonchev–Trinajstić information content (AvgIpc) is 2.39. The van der Waals surface area contributed by atoms with Crippen molar-refractivity contribution in [2.24, 2.45) is 0 Å². The summed E-state index contributed by atoms with van der Waals surface area (Å²) >= 11 is 0. The topological polar surface area (TPSA) is 138 Å². The fourth-order valence-electron chi connectivity index (χ4n) is 1.87. The van der Waals surface area contributed by atoms with E-state index in [1.165, 1.54) is 0 Å². The zero-order chi connectivity index (χ0) is 15.3. The van der Waals surface area contributed by atoms with Crippen molar-refractivity contribution < 1.29 is 38.8 Å². The first-order chi connectivity index (χ1) is 9.38. The molecule has 1 aliphatic heterocycles. The van der Waals surface area contributed by atoms with Crippen LogP contribution in [0, 0.1) is 0 Å². The highest BCUT2D eigenvalue weighted by Gasteiger charge is 2.46. The van der Waals surface area contributed by atoms with Crippen LogP contribution in [0.3, 0.4) is 0 Å². The second-order valence-electron chi connectivity index (χ2n) is 4.22. The molecule has 0 aliphatic carbocycles. The number of aliphatic hydroxyl groups is 4. The summed E-state index contributed by atoms with van der Waals surface area (Å²) in [5.41, 5.74) is 0. The summed E-state index contributed by atoms with van der Waals surface area (Å²) in [5, 5.41) is 40.7. The Kier molecular flexibility index (Phi) is 6.99. The van der Waals surface area contributed by atoms with Crippen LogP contribution in [-0.2, 0) is 18.3 Å². The van der Waals surface area contributed by atoms with Gasteiger partial charge in [0.05, 0.1) is 25.9 Å². The van der Waals surface area contributed by atoms with E-state index in [1.807, 2.05) is 0 Å². The standard InChI is InChI=1S/C10H22NO8P/c1-3-17-20(16,18-4-2)11-7-9(14)8(13)6(5-12)19-10(7)15/h6-10,12-15H,3-5H2,1-2H3,(H,11,16)/t6-,7-,8-,9-,10+/m1/s1. The van der Waals surface area contributed by atoms with Gasteiger partial charge in [-0.25, -0.2) is 9.65 Å². The first-order valence-electron chi connectivity index (χ1n) is 6.36. The zero-order valence-electron chi connectivity index (χ0n) is 11.4. The summed E-state index contributed by atoms with van der Waals surface area (Å²) in [6.07, 6.45) is -5.67. The van der Waals surface area contributed by atoms with E-state index in [0.29, 0.717) is 0 Å². The van der Waals surface area contributed by atoms with Crippen LogP contribution in [0.1, 0.15) is 13.8 Å². The Morgan fingerprint density at radius 2 is 1.70 bits per heavy atom. The molecule has 1 rings (SSSR count). The summed E-state index contributed by atoms with van der Waals surface area (Å²) in [6.45, 7) is 2.82. The van der Waals surface area contributed by atoms with E-state index < -0.39 is 45.0 Å². The highest BCUT2D eigenvalue weighted by molar-refractivity contribution is 7.51.